The second-order valence-corrected chi connectivity index (χ2v) is 8.02. The van der Waals surface area contributed by atoms with Gasteiger partial charge in [-0.15, -0.1) is 0 Å². The zero-order chi connectivity index (χ0) is 21.3. The Balaban J connectivity index is 1.73. The van der Waals surface area contributed by atoms with E-state index in [1.54, 1.807) is 12.5 Å². The van der Waals surface area contributed by atoms with Gasteiger partial charge in [0.15, 0.2) is 0 Å². The number of carbonyl (C=O) groups excluding carboxylic acids is 1. The molecule has 1 atom stereocenters. The first kappa shape index (κ1) is 22.2. The summed E-state index contributed by atoms with van der Waals surface area (Å²) in [5.74, 6) is 1.90. The molecular formula is C22H34N6O2. The van der Waals surface area contributed by atoms with Gasteiger partial charge in [0.05, 0.1) is 5.69 Å². The van der Waals surface area contributed by atoms with E-state index in [9.17, 15) is 4.79 Å². The van der Waals surface area contributed by atoms with Crippen LogP contribution in [0.5, 0.6) is 0 Å². The molecule has 1 N–H and O–H groups in total. The van der Waals surface area contributed by atoms with Crippen LogP contribution < -0.4 is 10.2 Å². The molecule has 2 aromatic heterocycles. The van der Waals surface area contributed by atoms with Crippen LogP contribution in [0.25, 0.3) is 5.95 Å². The van der Waals surface area contributed by atoms with Gasteiger partial charge in [0.25, 0.3) is 0 Å². The summed E-state index contributed by atoms with van der Waals surface area (Å²) in [7, 11) is 0. The van der Waals surface area contributed by atoms with Crippen molar-refractivity contribution in [2.75, 3.05) is 31.2 Å². The molecule has 0 aliphatic carbocycles. The van der Waals surface area contributed by atoms with Gasteiger partial charge >= 0.3 is 0 Å². The van der Waals surface area contributed by atoms with Gasteiger partial charge in [-0.05, 0) is 38.5 Å². The lowest BCUT2D eigenvalue weighted by atomic mass is 9.98. The molecule has 0 saturated carbocycles. The Labute approximate surface area is 179 Å². The number of anilines is 1. The summed E-state index contributed by atoms with van der Waals surface area (Å²) in [6, 6.07) is 2.22. The van der Waals surface area contributed by atoms with Crippen LogP contribution in [0.15, 0.2) is 24.8 Å². The Morgan fingerprint density at radius 2 is 2.20 bits per heavy atom. The van der Waals surface area contributed by atoms with Crippen LogP contribution in [0.3, 0.4) is 0 Å². The molecule has 8 heteroatoms. The first-order chi connectivity index (χ1) is 14.6. The van der Waals surface area contributed by atoms with Gasteiger partial charge in [0, 0.05) is 57.2 Å². The number of hydrogen-bond donors (Lipinski definition) is 1. The van der Waals surface area contributed by atoms with Gasteiger partial charge in [-0.3, -0.25) is 9.36 Å². The normalized spacial score (nSPS) is 16.8. The van der Waals surface area contributed by atoms with Crippen LogP contribution in [-0.2, 0) is 9.53 Å². The summed E-state index contributed by atoms with van der Waals surface area (Å²) >= 11 is 0. The van der Waals surface area contributed by atoms with E-state index < -0.39 is 0 Å². The van der Waals surface area contributed by atoms with Gasteiger partial charge < -0.3 is 15.0 Å². The molecular weight excluding hydrogens is 380 g/mol. The number of carbonyl (C=O) groups is 1. The zero-order valence-electron chi connectivity index (χ0n) is 18.4. The highest BCUT2D eigenvalue weighted by molar-refractivity contribution is 5.77. The highest BCUT2D eigenvalue weighted by atomic mass is 16.5. The first-order valence-corrected chi connectivity index (χ1v) is 11.1. The van der Waals surface area contributed by atoms with Crippen LogP contribution in [0.2, 0.25) is 0 Å². The largest absolute Gasteiger partial charge is 0.382 e. The fourth-order valence-electron chi connectivity index (χ4n) is 3.72. The van der Waals surface area contributed by atoms with E-state index in [1.165, 1.54) is 0 Å². The van der Waals surface area contributed by atoms with E-state index in [0.29, 0.717) is 32.1 Å². The molecule has 3 rings (SSSR count). The molecule has 1 saturated heterocycles. The molecule has 0 spiro atoms. The standard InChI is InChI=1S/C22H34N6O2/c1-4-30-13-7-9-24-21(29)14-18-8-5-6-11-28(18)20-15-19(17(2)3)25-22(26-20)27-12-10-23-16-27/h10,12,15-18H,4-9,11,13-14H2,1-3H3,(H,24,29). The molecule has 0 radical (unpaired) electrons. The highest BCUT2D eigenvalue weighted by Crippen LogP contribution is 2.28. The number of rotatable bonds is 10. The summed E-state index contributed by atoms with van der Waals surface area (Å²) in [6.07, 6.45) is 9.85. The lowest BCUT2D eigenvalue weighted by Gasteiger charge is -2.36. The van der Waals surface area contributed by atoms with Crippen LogP contribution in [0, 0.1) is 0 Å². The second-order valence-electron chi connectivity index (χ2n) is 8.02. The molecule has 1 amide bonds. The van der Waals surface area contributed by atoms with Crippen molar-refractivity contribution in [1.82, 2.24) is 24.8 Å². The van der Waals surface area contributed by atoms with Crippen LogP contribution >= 0.6 is 0 Å². The minimum Gasteiger partial charge on any atom is -0.382 e. The third kappa shape index (κ3) is 6.01. The van der Waals surface area contributed by atoms with Crippen LogP contribution in [0.1, 0.15) is 64.5 Å². The van der Waals surface area contributed by atoms with Crippen LogP contribution in [-0.4, -0.2) is 57.8 Å². The van der Waals surface area contributed by atoms with Crippen molar-refractivity contribution in [3.05, 3.63) is 30.5 Å². The number of piperidine rings is 1. The Kier molecular flexibility index (Phi) is 8.19. The molecule has 0 bridgehead atoms. The molecule has 1 aliphatic heterocycles. The predicted molar refractivity (Wildman–Crippen MR) is 117 cm³/mol. The minimum atomic E-state index is 0.0939. The zero-order valence-corrected chi connectivity index (χ0v) is 18.4. The fraction of sp³-hybridized carbons (Fsp3) is 0.636. The van der Waals surface area contributed by atoms with Gasteiger partial charge in [-0.1, -0.05) is 13.8 Å². The molecule has 164 valence electrons. The first-order valence-electron chi connectivity index (χ1n) is 11.1. The Hall–Kier alpha value is -2.48. The third-order valence-corrected chi connectivity index (χ3v) is 5.38. The lowest BCUT2D eigenvalue weighted by Crippen LogP contribution is -2.43. The fourth-order valence-corrected chi connectivity index (χ4v) is 3.72. The Morgan fingerprint density at radius 1 is 1.33 bits per heavy atom. The smallest absolute Gasteiger partial charge is 0.237 e. The summed E-state index contributed by atoms with van der Waals surface area (Å²) in [6.45, 7) is 9.19. The number of nitrogens with zero attached hydrogens (tertiary/aromatic N) is 5. The van der Waals surface area contributed by atoms with E-state index in [4.69, 9.17) is 14.7 Å². The summed E-state index contributed by atoms with van der Waals surface area (Å²) in [4.78, 5) is 28.5. The summed E-state index contributed by atoms with van der Waals surface area (Å²) in [5.41, 5.74) is 0.994. The number of amides is 1. The van der Waals surface area contributed by atoms with Gasteiger partial charge in [-0.2, -0.15) is 4.98 Å². The summed E-state index contributed by atoms with van der Waals surface area (Å²) in [5, 5.41) is 3.03. The van der Waals surface area contributed by atoms with Crippen molar-refractivity contribution in [3.8, 4) is 5.95 Å². The number of ether oxygens (including phenoxy) is 1. The molecule has 8 nitrogen and oxygen atoms in total. The van der Waals surface area contributed by atoms with Crippen molar-refractivity contribution >= 4 is 11.7 Å². The number of hydrogen-bond acceptors (Lipinski definition) is 6. The maximum Gasteiger partial charge on any atom is 0.237 e. The minimum absolute atomic E-state index is 0.0939. The topological polar surface area (TPSA) is 85.2 Å². The monoisotopic (exact) mass is 414 g/mol. The van der Waals surface area contributed by atoms with Crippen molar-refractivity contribution in [2.45, 2.75) is 64.8 Å². The summed E-state index contributed by atoms with van der Waals surface area (Å²) < 4.78 is 7.17. The predicted octanol–water partition coefficient (Wildman–Crippen LogP) is 3.08. The van der Waals surface area contributed by atoms with Gasteiger partial charge in [-0.25, -0.2) is 9.97 Å². The highest BCUT2D eigenvalue weighted by Gasteiger charge is 2.27. The van der Waals surface area contributed by atoms with Crippen molar-refractivity contribution in [3.63, 3.8) is 0 Å². The van der Waals surface area contributed by atoms with E-state index in [-0.39, 0.29) is 17.9 Å². The quantitative estimate of drug-likeness (QED) is 0.602. The van der Waals surface area contributed by atoms with Crippen molar-refractivity contribution < 1.29 is 9.53 Å². The molecule has 1 aliphatic rings. The lowest BCUT2D eigenvalue weighted by molar-refractivity contribution is -0.121. The average molecular weight is 415 g/mol. The number of nitrogens with one attached hydrogen (secondary N) is 1. The van der Waals surface area contributed by atoms with Crippen LogP contribution in [0.4, 0.5) is 5.82 Å². The Morgan fingerprint density at radius 3 is 2.93 bits per heavy atom. The maximum atomic E-state index is 12.5. The second kappa shape index (κ2) is 11.1. The Bertz CT molecular complexity index is 793. The SMILES string of the molecule is CCOCCCNC(=O)CC1CCCCN1c1cc(C(C)C)nc(-n2ccnc2)n1. The molecule has 2 aromatic rings. The van der Waals surface area contributed by atoms with E-state index in [1.807, 2.05) is 17.7 Å². The van der Waals surface area contributed by atoms with E-state index in [0.717, 1.165) is 43.7 Å². The van der Waals surface area contributed by atoms with E-state index >= 15 is 0 Å². The molecule has 1 unspecified atom stereocenters. The van der Waals surface area contributed by atoms with Gasteiger partial charge in [0.2, 0.25) is 11.9 Å². The average Bonchev–Trinajstić information content (AvgIpc) is 3.28. The molecule has 30 heavy (non-hydrogen) atoms. The molecule has 3 heterocycles. The van der Waals surface area contributed by atoms with E-state index in [2.05, 4.69) is 35.1 Å². The van der Waals surface area contributed by atoms with Crippen molar-refractivity contribution in [2.24, 2.45) is 0 Å². The number of imidazole rings is 1. The number of aromatic nitrogens is 4. The van der Waals surface area contributed by atoms with Gasteiger partial charge in [0.1, 0.15) is 12.1 Å². The molecule has 1 fully saturated rings. The molecule has 0 aromatic carbocycles. The third-order valence-electron chi connectivity index (χ3n) is 5.38. The maximum absolute atomic E-state index is 12.5. The van der Waals surface area contributed by atoms with Crippen molar-refractivity contribution in [1.29, 1.82) is 0 Å².